The smallest absolute Gasteiger partial charge is 0.335 e. The molecule has 0 amide bonds. The summed E-state index contributed by atoms with van der Waals surface area (Å²) in [5, 5.41) is 18.6. The molecule has 3 rings (SSSR count). The predicted molar refractivity (Wildman–Crippen MR) is 99.9 cm³/mol. The van der Waals surface area contributed by atoms with Crippen molar-refractivity contribution in [1.82, 2.24) is 9.55 Å². The minimum absolute atomic E-state index is 0.196. The Balaban J connectivity index is 2.03. The van der Waals surface area contributed by atoms with Gasteiger partial charge in [0.1, 0.15) is 0 Å². The van der Waals surface area contributed by atoms with Crippen LogP contribution in [0.25, 0.3) is 17.3 Å². The number of pyridine rings is 1. The largest absolute Gasteiger partial charge is 0.478 e. The van der Waals surface area contributed by atoms with Crippen LogP contribution in [0.2, 0.25) is 0 Å². The lowest BCUT2D eigenvalue weighted by Crippen LogP contribution is -1.99. The molecular formula is C21H17N3O2. The van der Waals surface area contributed by atoms with Crippen molar-refractivity contribution in [3.8, 4) is 11.8 Å². The maximum absolute atomic E-state index is 11.0. The molecule has 0 saturated heterocycles. The molecule has 2 heterocycles. The number of aromatic carboxylic acids is 1. The highest BCUT2D eigenvalue weighted by atomic mass is 16.4. The number of rotatable bonds is 4. The van der Waals surface area contributed by atoms with Crippen molar-refractivity contribution in [2.45, 2.75) is 13.8 Å². The fraction of sp³-hybridized carbons (Fsp3) is 0.0952. The molecule has 0 saturated carbocycles. The molecule has 1 N–H and O–H groups in total. The first-order valence-corrected chi connectivity index (χ1v) is 8.06. The van der Waals surface area contributed by atoms with E-state index >= 15 is 0 Å². The molecule has 2 aromatic heterocycles. The summed E-state index contributed by atoms with van der Waals surface area (Å²) < 4.78 is 2.11. The van der Waals surface area contributed by atoms with Gasteiger partial charge in [-0.25, -0.2) is 4.79 Å². The van der Waals surface area contributed by atoms with E-state index in [1.165, 1.54) is 12.1 Å². The Bertz CT molecular complexity index is 1020. The average molecular weight is 343 g/mol. The van der Waals surface area contributed by atoms with E-state index in [4.69, 9.17) is 5.11 Å². The molecule has 0 radical (unpaired) electrons. The standard InChI is InChI=1S/C21H17N3O2/c1-14-11-18(15(2)24(14)20-7-9-23-10-8-20)12-19(13-22)16-3-5-17(6-4-16)21(25)26/h3-12H,1-2H3,(H,25,26)/b19-12-. The van der Waals surface area contributed by atoms with Crippen LogP contribution in [0.15, 0.2) is 54.9 Å². The zero-order valence-corrected chi connectivity index (χ0v) is 14.5. The Hall–Kier alpha value is -3.65. The molecule has 0 spiro atoms. The maximum Gasteiger partial charge on any atom is 0.335 e. The van der Waals surface area contributed by atoms with Gasteiger partial charge in [-0.1, -0.05) is 12.1 Å². The number of hydrogen-bond donors (Lipinski definition) is 1. The number of benzene rings is 1. The van der Waals surface area contributed by atoms with Crippen molar-refractivity contribution in [3.63, 3.8) is 0 Å². The van der Waals surface area contributed by atoms with E-state index in [0.29, 0.717) is 11.1 Å². The van der Waals surface area contributed by atoms with Gasteiger partial charge in [-0.05, 0) is 61.4 Å². The summed E-state index contributed by atoms with van der Waals surface area (Å²) in [7, 11) is 0. The van der Waals surface area contributed by atoms with Crippen molar-refractivity contribution in [2.75, 3.05) is 0 Å². The fourth-order valence-electron chi connectivity index (χ4n) is 2.95. The van der Waals surface area contributed by atoms with Crippen LogP contribution >= 0.6 is 0 Å². The van der Waals surface area contributed by atoms with Crippen molar-refractivity contribution in [3.05, 3.63) is 82.9 Å². The van der Waals surface area contributed by atoms with E-state index in [1.54, 1.807) is 24.5 Å². The molecule has 0 atom stereocenters. The molecule has 3 aromatic rings. The first-order valence-electron chi connectivity index (χ1n) is 8.06. The number of carbonyl (C=O) groups is 1. The van der Waals surface area contributed by atoms with Crippen LogP contribution in [0.5, 0.6) is 0 Å². The lowest BCUT2D eigenvalue weighted by molar-refractivity contribution is 0.0697. The Kier molecular flexibility index (Phi) is 4.68. The van der Waals surface area contributed by atoms with Crippen LogP contribution < -0.4 is 0 Å². The Morgan fingerprint density at radius 1 is 1.12 bits per heavy atom. The zero-order chi connectivity index (χ0) is 18.7. The van der Waals surface area contributed by atoms with Gasteiger partial charge in [-0.3, -0.25) is 4.98 Å². The zero-order valence-electron chi connectivity index (χ0n) is 14.5. The molecule has 0 aliphatic carbocycles. The van der Waals surface area contributed by atoms with E-state index < -0.39 is 5.97 Å². The number of aromatic nitrogens is 2. The van der Waals surface area contributed by atoms with Gasteiger partial charge < -0.3 is 9.67 Å². The number of aryl methyl sites for hydroxylation is 1. The van der Waals surface area contributed by atoms with Gasteiger partial charge in [-0.2, -0.15) is 5.26 Å². The number of nitrogens with zero attached hydrogens (tertiary/aromatic N) is 3. The van der Waals surface area contributed by atoms with Crippen molar-refractivity contribution < 1.29 is 9.90 Å². The molecule has 0 bridgehead atoms. The molecule has 26 heavy (non-hydrogen) atoms. The number of hydrogen-bond acceptors (Lipinski definition) is 3. The third-order valence-corrected chi connectivity index (χ3v) is 4.25. The molecule has 0 unspecified atom stereocenters. The first kappa shape index (κ1) is 17.2. The lowest BCUT2D eigenvalue weighted by Gasteiger charge is -2.09. The lowest BCUT2D eigenvalue weighted by atomic mass is 10.0. The van der Waals surface area contributed by atoms with E-state index in [1.807, 2.05) is 38.1 Å². The van der Waals surface area contributed by atoms with Crippen LogP contribution in [-0.2, 0) is 0 Å². The second kappa shape index (κ2) is 7.08. The summed E-state index contributed by atoms with van der Waals surface area (Å²) in [6.45, 7) is 4.01. The van der Waals surface area contributed by atoms with Gasteiger partial charge in [0.05, 0.1) is 17.2 Å². The van der Waals surface area contributed by atoms with Crippen molar-refractivity contribution in [2.24, 2.45) is 0 Å². The minimum Gasteiger partial charge on any atom is -0.478 e. The molecule has 0 aliphatic heterocycles. The number of carboxylic acid groups (broad SMARTS) is 1. The van der Waals surface area contributed by atoms with Crippen LogP contribution in [0.4, 0.5) is 0 Å². The first-order chi connectivity index (χ1) is 12.5. The predicted octanol–water partition coefficient (Wildman–Crippen LogP) is 4.25. The fourth-order valence-corrected chi connectivity index (χ4v) is 2.95. The van der Waals surface area contributed by atoms with E-state index in [0.717, 1.165) is 22.6 Å². The van der Waals surface area contributed by atoms with E-state index in [-0.39, 0.29) is 5.56 Å². The number of allylic oxidation sites excluding steroid dienone is 1. The topological polar surface area (TPSA) is 78.9 Å². The average Bonchev–Trinajstić information content (AvgIpc) is 2.93. The van der Waals surface area contributed by atoms with Crippen LogP contribution in [-0.4, -0.2) is 20.6 Å². The summed E-state index contributed by atoms with van der Waals surface area (Å²) in [5.74, 6) is -0.986. The van der Waals surface area contributed by atoms with Gasteiger partial charge in [0.2, 0.25) is 0 Å². The monoisotopic (exact) mass is 343 g/mol. The summed E-state index contributed by atoms with van der Waals surface area (Å²) >= 11 is 0. The molecule has 0 aliphatic rings. The number of carboxylic acids is 1. The summed E-state index contributed by atoms with van der Waals surface area (Å²) in [4.78, 5) is 15.0. The SMILES string of the molecule is Cc1cc(/C=C(/C#N)c2ccc(C(=O)O)cc2)c(C)n1-c1ccncc1. The molecule has 5 heteroatoms. The summed E-state index contributed by atoms with van der Waals surface area (Å²) in [6, 6.07) is 14.4. The minimum atomic E-state index is -0.986. The second-order valence-electron chi connectivity index (χ2n) is 5.92. The quantitative estimate of drug-likeness (QED) is 0.718. The van der Waals surface area contributed by atoms with Crippen LogP contribution in [0, 0.1) is 25.2 Å². The molecule has 128 valence electrons. The van der Waals surface area contributed by atoms with E-state index in [9.17, 15) is 10.1 Å². The normalized spacial score (nSPS) is 11.2. The van der Waals surface area contributed by atoms with Gasteiger partial charge >= 0.3 is 5.97 Å². The van der Waals surface area contributed by atoms with Gasteiger partial charge in [0.25, 0.3) is 0 Å². The highest BCUT2D eigenvalue weighted by Gasteiger charge is 2.11. The maximum atomic E-state index is 11.0. The van der Waals surface area contributed by atoms with Crippen molar-refractivity contribution in [1.29, 1.82) is 5.26 Å². The summed E-state index contributed by atoms with van der Waals surface area (Å²) in [5.41, 5.74) is 5.39. The molecule has 1 aromatic carbocycles. The van der Waals surface area contributed by atoms with Gasteiger partial charge in [0.15, 0.2) is 0 Å². The third-order valence-electron chi connectivity index (χ3n) is 4.25. The molecular weight excluding hydrogens is 326 g/mol. The highest BCUT2D eigenvalue weighted by Crippen LogP contribution is 2.25. The molecule has 0 fully saturated rings. The highest BCUT2D eigenvalue weighted by molar-refractivity contribution is 5.92. The molecule has 5 nitrogen and oxygen atoms in total. The van der Waals surface area contributed by atoms with Gasteiger partial charge in [-0.15, -0.1) is 0 Å². The Labute approximate surface area is 151 Å². The van der Waals surface area contributed by atoms with Crippen LogP contribution in [0.3, 0.4) is 0 Å². The summed E-state index contributed by atoms with van der Waals surface area (Å²) in [6.07, 6.45) is 5.32. The van der Waals surface area contributed by atoms with Crippen LogP contribution in [0.1, 0.15) is 32.9 Å². The second-order valence-corrected chi connectivity index (χ2v) is 5.92. The third kappa shape index (κ3) is 3.26. The van der Waals surface area contributed by atoms with Gasteiger partial charge in [0, 0.05) is 29.5 Å². The Morgan fingerprint density at radius 2 is 1.73 bits per heavy atom. The number of nitriles is 1. The Morgan fingerprint density at radius 3 is 2.31 bits per heavy atom. The van der Waals surface area contributed by atoms with Crippen molar-refractivity contribution >= 4 is 17.6 Å². The van der Waals surface area contributed by atoms with E-state index in [2.05, 4.69) is 15.6 Å².